The van der Waals surface area contributed by atoms with E-state index in [9.17, 15) is 9.18 Å². The Morgan fingerprint density at radius 3 is 2.57 bits per heavy atom. The lowest BCUT2D eigenvalue weighted by Gasteiger charge is -2.06. The van der Waals surface area contributed by atoms with E-state index in [1.165, 1.54) is 17.0 Å². The fourth-order valence-electron chi connectivity index (χ4n) is 2.04. The van der Waals surface area contributed by atoms with Gasteiger partial charge in [0.05, 0.1) is 13.1 Å². The molecule has 2 aromatic rings. The lowest BCUT2D eigenvalue weighted by Crippen LogP contribution is -2.16. The number of nitrogens with zero attached hydrogens (tertiary/aromatic N) is 5. The number of nitriles is 1. The van der Waals surface area contributed by atoms with E-state index in [0.29, 0.717) is 24.5 Å². The molecular weight excluding hydrogens is 279 g/mol. The number of rotatable bonds is 2. The maximum Gasteiger partial charge on any atom is 0.409 e. The summed E-state index contributed by atoms with van der Waals surface area (Å²) in [5, 5.41) is 17.1. The number of fused-ring (bicyclic) bond motifs is 1. The van der Waals surface area contributed by atoms with E-state index in [0.717, 1.165) is 10.9 Å². The van der Waals surface area contributed by atoms with Crippen LogP contribution in [0.15, 0.2) is 18.2 Å². The van der Waals surface area contributed by atoms with Crippen LogP contribution in [0.3, 0.4) is 0 Å². The topological polar surface area (TPSA) is 110 Å². The minimum atomic E-state index is -1.02. The van der Waals surface area contributed by atoms with E-state index in [1.807, 2.05) is 6.19 Å². The van der Waals surface area contributed by atoms with Crippen molar-refractivity contribution in [3.05, 3.63) is 35.4 Å². The molecular formula is C12H9FN6O2. The van der Waals surface area contributed by atoms with Crippen LogP contribution in [0.2, 0.25) is 0 Å². The highest BCUT2D eigenvalue weighted by Gasteiger charge is 2.24. The molecule has 3 rings (SSSR count). The van der Waals surface area contributed by atoms with Crippen LogP contribution in [-0.4, -0.2) is 26.0 Å². The molecule has 2 heterocycles. The maximum atomic E-state index is 14.0. The van der Waals surface area contributed by atoms with Gasteiger partial charge in [-0.05, 0) is 12.1 Å². The lowest BCUT2D eigenvalue weighted by atomic mass is 10.3. The van der Waals surface area contributed by atoms with Gasteiger partial charge in [-0.25, -0.2) is 9.18 Å². The first kappa shape index (κ1) is 12.9. The highest BCUT2D eigenvalue weighted by molar-refractivity contribution is 5.68. The van der Waals surface area contributed by atoms with Gasteiger partial charge in [0.25, 0.3) is 0 Å². The van der Waals surface area contributed by atoms with Crippen LogP contribution in [0, 0.1) is 17.3 Å². The third-order valence-electron chi connectivity index (χ3n) is 2.94. The van der Waals surface area contributed by atoms with Crippen molar-refractivity contribution >= 4 is 6.09 Å². The summed E-state index contributed by atoms with van der Waals surface area (Å²) in [6.07, 6.45) is 0.984. The third kappa shape index (κ3) is 2.34. The van der Waals surface area contributed by atoms with E-state index in [-0.39, 0.29) is 11.4 Å². The average Bonchev–Trinajstić information content (AvgIpc) is 2.95. The molecule has 9 heteroatoms. The van der Waals surface area contributed by atoms with Gasteiger partial charge in [0, 0.05) is 6.07 Å². The second-order valence-electron chi connectivity index (χ2n) is 4.37. The number of amides is 1. The van der Waals surface area contributed by atoms with Gasteiger partial charge in [-0.15, -0.1) is 4.80 Å². The van der Waals surface area contributed by atoms with Crippen molar-refractivity contribution in [1.29, 1.82) is 5.26 Å². The molecule has 0 saturated heterocycles. The number of hydrogen-bond acceptors (Lipinski definition) is 6. The van der Waals surface area contributed by atoms with Crippen LogP contribution in [-0.2, 0) is 13.1 Å². The minimum absolute atomic E-state index is 0.000831. The molecule has 1 aliphatic heterocycles. The van der Waals surface area contributed by atoms with Crippen molar-refractivity contribution in [2.75, 3.05) is 0 Å². The van der Waals surface area contributed by atoms with Gasteiger partial charge in [-0.2, -0.15) is 15.5 Å². The molecule has 1 aromatic carbocycles. The first-order valence-electron chi connectivity index (χ1n) is 5.94. The van der Waals surface area contributed by atoms with Crippen LogP contribution < -0.4 is 10.5 Å². The van der Waals surface area contributed by atoms with Gasteiger partial charge in [0.15, 0.2) is 12.0 Å². The molecule has 21 heavy (non-hydrogen) atoms. The zero-order valence-corrected chi connectivity index (χ0v) is 10.7. The Morgan fingerprint density at radius 1 is 1.38 bits per heavy atom. The SMILES string of the molecule is N#CN1Cc2nn(-c3ccc(OC(N)=O)cc3F)nc2C1. The van der Waals surface area contributed by atoms with E-state index in [1.54, 1.807) is 0 Å². The van der Waals surface area contributed by atoms with E-state index >= 15 is 0 Å². The van der Waals surface area contributed by atoms with Crippen molar-refractivity contribution < 1.29 is 13.9 Å². The lowest BCUT2D eigenvalue weighted by molar-refractivity contribution is 0.210. The highest BCUT2D eigenvalue weighted by atomic mass is 19.1. The summed E-state index contributed by atoms with van der Waals surface area (Å²) < 4.78 is 18.6. The molecule has 0 saturated carbocycles. The summed E-state index contributed by atoms with van der Waals surface area (Å²) in [6, 6.07) is 3.79. The summed E-state index contributed by atoms with van der Waals surface area (Å²) in [7, 11) is 0. The van der Waals surface area contributed by atoms with Crippen LogP contribution in [0.25, 0.3) is 5.69 Å². The number of aromatic nitrogens is 3. The molecule has 0 spiro atoms. The number of benzene rings is 1. The number of nitrogens with two attached hydrogens (primary N) is 1. The Kier molecular flexibility index (Phi) is 2.91. The summed E-state index contributed by atoms with van der Waals surface area (Å²) >= 11 is 0. The number of carbonyl (C=O) groups excluding carboxylic acids is 1. The number of hydrogen-bond donors (Lipinski definition) is 1. The van der Waals surface area contributed by atoms with Crippen molar-refractivity contribution in [3.63, 3.8) is 0 Å². The molecule has 106 valence electrons. The normalized spacial score (nSPS) is 12.9. The molecule has 0 atom stereocenters. The smallest absolute Gasteiger partial charge is 0.409 e. The van der Waals surface area contributed by atoms with E-state index in [4.69, 9.17) is 11.0 Å². The largest absolute Gasteiger partial charge is 0.410 e. The maximum absolute atomic E-state index is 14.0. The fourth-order valence-corrected chi connectivity index (χ4v) is 2.04. The van der Waals surface area contributed by atoms with E-state index < -0.39 is 11.9 Å². The predicted octanol–water partition coefficient (Wildman–Crippen LogP) is 0.661. The summed E-state index contributed by atoms with van der Waals surface area (Å²) in [5.41, 5.74) is 6.24. The molecule has 1 amide bonds. The summed E-state index contributed by atoms with van der Waals surface area (Å²) in [6.45, 7) is 0.715. The minimum Gasteiger partial charge on any atom is -0.410 e. The molecule has 0 aliphatic carbocycles. The first-order valence-corrected chi connectivity index (χ1v) is 5.94. The van der Waals surface area contributed by atoms with Gasteiger partial charge in [-0.3, -0.25) is 4.90 Å². The number of ether oxygens (including phenoxy) is 1. The molecule has 8 nitrogen and oxygen atoms in total. The number of primary amides is 1. The van der Waals surface area contributed by atoms with E-state index in [2.05, 4.69) is 14.9 Å². The molecule has 1 aromatic heterocycles. The van der Waals surface area contributed by atoms with Gasteiger partial charge in [0.1, 0.15) is 22.8 Å². The van der Waals surface area contributed by atoms with Crippen LogP contribution in [0.5, 0.6) is 5.75 Å². The Bertz CT molecular complexity index is 742. The quantitative estimate of drug-likeness (QED) is 0.813. The monoisotopic (exact) mass is 288 g/mol. The molecule has 0 fully saturated rings. The first-order chi connectivity index (χ1) is 10.1. The highest BCUT2D eigenvalue weighted by Crippen LogP contribution is 2.22. The Labute approximate surface area is 118 Å². The number of carbonyl (C=O) groups is 1. The Hall–Kier alpha value is -3.15. The van der Waals surface area contributed by atoms with Crippen LogP contribution in [0.4, 0.5) is 9.18 Å². The third-order valence-corrected chi connectivity index (χ3v) is 2.94. The Balaban J connectivity index is 1.89. The Morgan fingerprint density at radius 2 is 2.05 bits per heavy atom. The molecule has 1 aliphatic rings. The average molecular weight is 288 g/mol. The zero-order valence-electron chi connectivity index (χ0n) is 10.7. The van der Waals surface area contributed by atoms with Crippen molar-refractivity contribution in [3.8, 4) is 17.6 Å². The van der Waals surface area contributed by atoms with Crippen molar-refractivity contribution in [2.24, 2.45) is 5.73 Å². The van der Waals surface area contributed by atoms with Crippen molar-refractivity contribution in [1.82, 2.24) is 19.9 Å². The van der Waals surface area contributed by atoms with Gasteiger partial charge >= 0.3 is 6.09 Å². The standard InChI is InChI=1S/C12H9FN6O2/c13-8-3-7(21-12(15)20)1-2-11(8)19-16-9-4-18(6-14)5-10(9)17-19/h1-3H,4-5H2,(H2,15,20). The van der Waals surface area contributed by atoms with Gasteiger partial charge in [0.2, 0.25) is 0 Å². The summed E-state index contributed by atoms with van der Waals surface area (Å²) in [4.78, 5) is 13.3. The zero-order chi connectivity index (χ0) is 15.0. The molecule has 0 radical (unpaired) electrons. The number of halogens is 1. The molecule has 2 N–H and O–H groups in total. The second-order valence-corrected chi connectivity index (χ2v) is 4.37. The fraction of sp³-hybridized carbons (Fsp3) is 0.167. The van der Waals surface area contributed by atoms with Crippen LogP contribution in [0.1, 0.15) is 11.4 Å². The molecule has 0 bridgehead atoms. The summed E-state index contributed by atoms with van der Waals surface area (Å²) in [5.74, 6) is -0.654. The second kappa shape index (κ2) is 4.75. The van der Waals surface area contributed by atoms with Crippen molar-refractivity contribution in [2.45, 2.75) is 13.1 Å². The predicted molar refractivity (Wildman–Crippen MR) is 66.4 cm³/mol. The van der Waals surface area contributed by atoms with Crippen LogP contribution >= 0.6 is 0 Å². The van der Waals surface area contributed by atoms with Gasteiger partial charge in [-0.1, -0.05) is 0 Å². The molecule has 0 unspecified atom stereocenters. The van der Waals surface area contributed by atoms with Gasteiger partial charge < -0.3 is 10.5 Å².